The molecular formula is C30H34B2Br2N2O10. The first-order valence-corrected chi connectivity index (χ1v) is 17.2. The van der Waals surface area contributed by atoms with Gasteiger partial charge in [-0.3, -0.25) is 19.2 Å². The predicted molar refractivity (Wildman–Crippen MR) is 170 cm³/mol. The van der Waals surface area contributed by atoms with E-state index in [2.05, 4.69) is 31.9 Å². The lowest BCUT2D eigenvalue weighted by Crippen LogP contribution is -2.67. The van der Waals surface area contributed by atoms with Crippen LogP contribution in [0.3, 0.4) is 0 Å². The summed E-state index contributed by atoms with van der Waals surface area (Å²) in [6.45, 7) is -3.74. The number of quaternary nitrogens is 2. The number of alkyl halides is 2. The van der Waals surface area contributed by atoms with Gasteiger partial charge in [0.25, 0.3) is 0 Å². The van der Waals surface area contributed by atoms with Gasteiger partial charge >= 0.3 is 37.3 Å². The molecule has 6 fully saturated rings. The lowest BCUT2D eigenvalue weighted by atomic mass is 9.61. The van der Waals surface area contributed by atoms with Gasteiger partial charge in [0, 0.05) is 23.7 Å². The molecule has 0 aromatic heterocycles. The molecule has 46 heavy (non-hydrogen) atoms. The van der Waals surface area contributed by atoms with E-state index in [9.17, 15) is 19.2 Å². The van der Waals surface area contributed by atoms with Crippen molar-refractivity contribution in [3.63, 3.8) is 0 Å². The van der Waals surface area contributed by atoms with Crippen LogP contribution in [0.25, 0.3) is 0 Å². The Kier molecular flexibility index (Phi) is 7.92. The second kappa shape index (κ2) is 11.4. The minimum atomic E-state index is -2.16. The Morgan fingerprint density at radius 2 is 0.870 bits per heavy atom. The van der Waals surface area contributed by atoms with Gasteiger partial charge in [-0.2, -0.15) is 0 Å². The molecule has 16 heteroatoms. The van der Waals surface area contributed by atoms with Crippen LogP contribution in [-0.4, -0.2) is 108 Å². The van der Waals surface area contributed by atoms with E-state index in [1.807, 2.05) is 74.8 Å². The van der Waals surface area contributed by atoms with E-state index in [4.69, 9.17) is 28.1 Å². The maximum absolute atomic E-state index is 11.9. The van der Waals surface area contributed by atoms with E-state index in [0.717, 1.165) is 11.1 Å². The average Bonchev–Trinajstić information content (AvgIpc) is 3.78. The number of carbonyl (C=O) groups excluding carboxylic acids is 4. The number of rotatable bonds is 4. The maximum Gasteiger partial charge on any atom is 0.611 e. The molecule has 0 amide bonds. The quantitative estimate of drug-likeness (QED) is 0.340. The van der Waals surface area contributed by atoms with Gasteiger partial charge in [0.15, 0.2) is 0 Å². The number of benzene rings is 2. The summed E-state index contributed by atoms with van der Waals surface area (Å²) >= 11 is 7.34. The van der Waals surface area contributed by atoms with Gasteiger partial charge in [0.1, 0.15) is 26.2 Å². The Hall–Kier alpha value is -2.75. The highest BCUT2D eigenvalue weighted by molar-refractivity contribution is 9.09. The number of nitrogens with zero attached hydrogens (tertiary/aromatic N) is 2. The second-order valence-corrected chi connectivity index (χ2v) is 15.9. The molecule has 6 atom stereocenters. The highest BCUT2D eigenvalue weighted by Gasteiger charge is 2.72. The molecule has 2 aromatic carbocycles. The third kappa shape index (κ3) is 5.03. The molecule has 8 rings (SSSR count). The number of likely N-dealkylation sites (N-methyl/N-ethyl adjacent to an activating group) is 2. The normalized spacial score (nSPS) is 42.4. The molecule has 244 valence electrons. The average molecular weight is 764 g/mol. The molecule has 0 spiro atoms. The molecule has 6 aliphatic rings. The highest BCUT2D eigenvalue weighted by Crippen LogP contribution is 2.48. The summed E-state index contributed by atoms with van der Waals surface area (Å²) in [5, 5.41) is 0. The van der Waals surface area contributed by atoms with Crippen LogP contribution in [-0.2, 0) is 47.3 Å². The van der Waals surface area contributed by atoms with Gasteiger partial charge in [-0.05, 0) is 24.0 Å². The lowest BCUT2D eigenvalue weighted by Gasteiger charge is -2.42. The van der Waals surface area contributed by atoms with Gasteiger partial charge in [0.2, 0.25) is 0 Å². The molecule has 6 aliphatic heterocycles. The van der Waals surface area contributed by atoms with Crippen LogP contribution in [0.2, 0.25) is 0 Å². The molecule has 0 unspecified atom stereocenters. The molecule has 0 N–H and O–H groups in total. The van der Waals surface area contributed by atoms with Crippen LogP contribution in [0.5, 0.6) is 0 Å². The van der Waals surface area contributed by atoms with Crippen LogP contribution in [0.1, 0.15) is 36.2 Å². The molecule has 0 aliphatic carbocycles. The van der Waals surface area contributed by atoms with E-state index in [1.165, 1.54) is 0 Å². The standard InChI is InChI=1S/2C15H17BBrNO5/c2*1-18-8-13(19)22-16(18,23-14(20)9-18)12-7-11(17)15(21-12)10-5-3-2-4-6-10/h2*2-6,11-12,15H,7-9H2,1H3/t2*11-,12-,15+,16?,18?/m10/s1. The highest BCUT2D eigenvalue weighted by atomic mass is 79.9. The summed E-state index contributed by atoms with van der Waals surface area (Å²) in [7, 11) is 3.66. The molecule has 0 bridgehead atoms. The zero-order valence-electron chi connectivity index (χ0n) is 25.4. The van der Waals surface area contributed by atoms with E-state index < -0.39 is 25.4 Å². The first-order chi connectivity index (χ1) is 21.9. The van der Waals surface area contributed by atoms with Crippen LogP contribution >= 0.6 is 31.9 Å². The van der Waals surface area contributed by atoms with Crippen molar-refractivity contribution in [2.24, 2.45) is 0 Å². The third-order valence-corrected chi connectivity index (χ3v) is 12.0. The largest absolute Gasteiger partial charge is 0.611 e. The number of hydrogen-bond donors (Lipinski definition) is 0. The summed E-state index contributed by atoms with van der Waals surface area (Å²) in [5.74, 6) is -1.34. The zero-order chi connectivity index (χ0) is 32.5. The monoisotopic (exact) mass is 762 g/mol. The number of fused-ring (bicyclic) bond motifs is 2. The molecular weight excluding hydrogens is 730 g/mol. The second-order valence-electron chi connectivity index (χ2n) is 13.5. The van der Waals surface area contributed by atoms with E-state index in [1.54, 1.807) is 0 Å². The molecule has 12 nitrogen and oxygen atoms in total. The van der Waals surface area contributed by atoms with Crippen molar-refractivity contribution in [3.8, 4) is 0 Å². The summed E-state index contributed by atoms with van der Waals surface area (Å²) in [6.07, 6.45) is 0.913. The van der Waals surface area contributed by atoms with Crippen LogP contribution in [0.15, 0.2) is 60.7 Å². The summed E-state index contributed by atoms with van der Waals surface area (Å²) in [6, 6.07) is 18.9. The summed E-state index contributed by atoms with van der Waals surface area (Å²) in [5.41, 5.74) is 2.10. The van der Waals surface area contributed by atoms with Crippen molar-refractivity contribution in [2.45, 2.75) is 46.7 Å². The lowest BCUT2D eigenvalue weighted by molar-refractivity contribution is -0.795. The SMILES string of the molecule is C[N+]12CC(=O)O[B-]1([C@@H]1C[C@H](Br)[C@@H](c3ccccc3)O1)OC(=O)C2.C[N+]12CC(=O)O[B-]1([C@H]1C[C@@H](Br)[C@H](c3ccccc3)O1)OC(=O)C2. The minimum Gasteiger partial charge on any atom is -0.598 e. The van der Waals surface area contributed by atoms with Crippen LogP contribution < -0.4 is 0 Å². The number of hydrogen-bond acceptors (Lipinski definition) is 10. The first-order valence-electron chi connectivity index (χ1n) is 15.4. The number of halogens is 2. The topological polar surface area (TPSA) is 124 Å². The van der Waals surface area contributed by atoms with Crippen LogP contribution in [0, 0.1) is 0 Å². The summed E-state index contributed by atoms with van der Waals surface area (Å²) in [4.78, 5) is 47.7. The smallest absolute Gasteiger partial charge is 0.598 e. The third-order valence-electron chi connectivity index (χ3n) is 10.3. The van der Waals surface area contributed by atoms with Crippen molar-refractivity contribution in [1.82, 2.24) is 0 Å². The van der Waals surface area contributed by atoms with E-state index >= 15 is 0 Å². The van der Waals surface area contributed by atoms with Gasteiger partial charge in [-0.25, -0.2) is 0 Å². The molecule has 0 radical (unpaired) electrons. The Bertz CT molecular complexity index is 1410. The Morgan fingerprint density at radius 1 is 0.565 bits per heavy atom. The molecule has 6 saturated heterocycles. The predicted octanol–water partition coefficient (Wildman–Crippen LogP) is 2.64. The van der Waals surface area contributed by atoms with Crippen molar-refractivity contribution >= 4 is 69.1 Å². The fourth-order valence-corrected chi connectivity index (χ4v) is 9.71. The minimum absolute atomic E-state index is 0.0678. The number of carbonyl (C=O) groups is 4. The van der Waals surface area contributed by atoms with Crippen molar-refractivity contribution in [3.05, 3.63) is 71.8 Å². The van der Waals surface area contributed by atoms with Gasteiger partial charge in [-0.1, -0.05) is 92.5 Å². The first kappa shape index (κ1) is 31.8. The van der Waals surface area contributed by atoms with Gasteiger partial charge < -0.3 is 36.9 Å². The molecule has 6 heterocycles. The number of ether oxygens (including phenoxy) is 2. The fraction of sp³-hybridized carbons (Fsp3) is 0.467. The van der Waals surface area contributed by atoms with Crippen molar-refractivity contribution in [2.75, 3.05) is 40.3 Å². The Morgan fingerprint density at radius 3 is 1.17 bits per heavy atom. The van der Waals surface area contributed by atoms with E-state index in [-0.39, 0.29) is 80.7 Å². The summed E-state index contributed by atoms with van der Waals surface area (Å²) < 4.78 is 35.0. The fourth-order valence-electron chi connectivity index (χ4n) is 8.12. The Labute approximate surface area is 283 Å². The maximum atomic E-state index is 11.9. The van der Waals surface area contributed by atoms with Gasteiger partial charge in [0.05, 0.1) is 24.2 Å². The van der Waals surface area contributed by atoms with Crippen molar-refractivity contribution < 1.29 is 56.1 Å². The van der Waals surface area contributed by atoms with E-state index in [0.29, 0.717) is 12.8 Å². The molecule has 0 saturated carbocycles. The van der Waals surface area contributed by atoms with Gasteiger partial charge in [-0.15, -0.1) is 0 Å². The zero-order valence-corrected chi connectivity index (χ0v) is 28.5. The molecule has 2 aromatic rings. The van der Waals surface area contributed by atoms with Crippen LogP contribution in [0.4, 0.5) is 0 Å². The Balaban J connectivity index is 0.000000147. The van der Waals surface area contributed by atoms with Crippen molar-refractivity contribution in [1.29, 1.82) is 0 Å².